The van der Waals surface area contributed by atoms with Crippen LogP contribution >= 0.6 is 27.7 Å². The number of thioether (sulfide) groups is 1. The van der Waals surface area contributed by atoms with Crippen LogP contribution in [0.3, 0.4) is 0 Å². The molecular formula is C18H17BrN2O2S. The fraction of sp³-hybridized carbons (Fsp3) is 0.222. The number of rotatable bonds is 5. The second kappa shape index (κ2) is 7.40. The molecule has 0 N–H and O–H groups in total. The van der Waals surface area contributed by atoms with Crippen molar-refractivity contribution < 1.29 is 9.15 Å². The third-order valence-corrected chi connectivity index (χ3v) is 5.11. The summed E-state index contributed by atoms with van der Waals surface area (Å²) in [4.78, 5) is 0. The van der Waals surface area contributed by atoms with Crippen molar-refractivity contribution >= 4 is 27.7 Å². The van der Waals surface area contributed by atoms with Gasteiger partial charge in [0.15, 0.2) is 0 Å². The zero-order valence-corrected chi connectivity index (χ0v) is 16.1. The normalized spacial score (nSPS) is 10.8. The van der Waals surface area contributed by atoms with Crippen molar-refractivity contribution in [3.8, 4) is 17.2 Å². The topological polar surface area (TPSA) is 48.2 Å². The van der Waals surface area contributed by atoms with Crippen molar-refractivity contribution in [2.24, 2.45) is 0 Å². The number of hydrogen-bond donors (Lipinski definition) is 0. The number of nitrogens with zero attached hydrogens (tertiary/aromatic N) is 2. The van der Waals surface area contributed by atoms with Crippen LogP contribution in [0.15, 0.2) is 50.5 Å². The minimum Gasteiger partial charge on any atom is -0.496 e. The van der Waals surface area contributed by atoms with Crippen LogP contribution in [-0.4, -0.2) is 17.3 Å². The molecule has 3 rings (SSSR count). The lowest BCUT2D eigenvalue weighted by Gasteiger charge is -2.07. The zero-order chi connectivity index (χ0) is 17.1. The molecule has 0 fully saturated rings. The minimum absolute atomic E-state index is 0.543. The van der Waals surface area contributed by atoms with Gasteiger partial charge in [-0.15, -0.1) is 10.2 Å². The first kappa shape index (κ1) is 17.0. The predicted octanol–water partition coefficient (Wildman–Crippen LogP) is 5.42. The Bertz CT molecular complexity index is 864. The molecule has 2 aromatic carbocycles. The molecule has 1 heterocycles. The molecule has 0 radical (unpaired) electrons. The summed E-state index contributed by atoms with van der Waals surface area (Å²) in [5.41, 5.74) is 4.47. The third kappa shape index (κ3) is 3.82. The summed E-state index contributed by atoms with van der Waals surface area (Å²) in [7, 11) is 1.67. The number of hydrogen-bond acceptors (Lipinski definition) is 5. The third-order valence-electron chi connectivity index (χ3n) is 3.75. The van der Waals surface area contributed by atoms with Crippen molar-refractivity contribution in [2.45, 2.75) is 24.8 Å². The van der Waals surface area contributed by atoms with E-state index in [1.54, 1.807) is 7.11 Å². The summed E-state index contributed by atoms with van der Waals surface area (Å²) < 4.78 is 12.2. The van der Waals surface area contributed by atoms with Crippen LogP contribution in [-0.2, 0) is 5.75 Å². The Morgan fingerprint density at radius 1 is 1.08 bits per heavy atom. The highest BCUT2D eigenvalue weighted by molar-refractivity contribution is 9.10. The second-order valence-electron chi connectivity index (χ2n) is 5.42. The Morgan fingerprint density at radius 2 is 1.92 bits per heavy atom. The number of ether oxygens (including phenoxy) is 1. The van der Waals surface area contributed by atoms with E-state index in [4.69, 9.17) is 9.15 Å². The number of benzene rings is 2. The summed E-state index contributed by atoms with van der Waals surface area (Å²) >= 11 is 4.98. The van der Waals surface area contributed by atoms with E-state index >= 15 is 0 Å². The van der Waals surface area contributed by atoms with Gasteiger partial charge in [0.05, 0.1) is 7.11 Å². The molecule has 3 aromatic rings. The first-order chi connectivity index (χ1) is 11.6. The number of aromatic nitrogens is 2. The lowest BCUT2D eigenvalue weighted by Crippen LogP contribution is -1.90. The smallest absolute Gasteiger partial charge is 0.277 e. The zero-order valence-electron chi connectivity index (χ0n) is 13.7. The van der Waals surface area contributed by atoms with Gasteiger partial charge >= 0.3 is 0 Å². The van der Waals surface area contributed by atoms with Gasteiger partial charge in [-0.3, -0.25) is 0 Å². The Morgan fingerprint density at radius 3 is 2.67 bits per heavy atom. The van der Waals surface area contributed by atoms with Gasteiger partial charge in [-0.1, -0.05) is 33.8 Å². The van der Waals surface area contributed by atoms with Gasteiger partial charge in [0.25, 0.3) is 5.22 Å². The van der Waals surface area contributed by atoms with Crippen molar-refractivity contribution in [1.82, 2.24) is 10.2 Å². The Labute approximate surface area is 153 Å². The van der Waals surface area contributed by atoms with E-state index in [2.05, 4.69) is 52.1 Å². The van der Waals surface area contributed by atoms with E-state index in [-0.39, 0.29) is 0 Å². The van der Waals surface area contributed by atoms with Crippen LogP contribution in [0, 0.1) is 13.8 Å². The first-order valence-corrected chi connectivity index (χ1v) is 9.21. The molecule has 0 saturated carbocycles. The van der Waals surface area contributed by atoms with E-state index in [1.165, 1.54) is 22.9 Å². The molecule has 1 aromatic heterocycles. The molecular weight excluding hydrogens is 388 g/mol. The Balaban J connectivity index is 1.75. The summed E-state index contributed by atoms with van der Waals surface area (Å²) in [5, 5.41) is 8.83. The number of halogens is 1. The van der Waals surface area contributed by atoms with Crippen LogP contribution in [0.25, 0.3) is 11.5 Å². The maximum absolute atomic E-state index is 5.78. The number of methoxy groups -OCH3 is 1. The maximum atomic E-state index is 5.78. The van der Waals surface area contributed by atoms with Crippen molar-refractivity contribution in [3.63, 3.8) is 0 Å². The fourth-order valence-electron chi connectivity index (χ4n) is 2.26. The molecule has 0 aliphatic carbocycles. The van der Waals surface area contributed by atoms with Gasteiger partial charge in [0, 0.05) is 21.4 Å². The molecule has 0 atom stereocenters. The molecule has 0 saturated heterocycles. The lowest BCUT2D eigenvalue weighted by molar-refractivity contribution is 0.411. The van der Waals surface area contributed by atoms with E-state index in [0.29, 0.717) is 16.9 Å². The quantitative estimate of drug-likeness (QED) is 0.531. The maximum Gasteiger partial charge on any atom is 0.277 e. The van der Waals surface area contributed by atoms with Crippen LogP contribution in [0.1, 0.15) is 16.7 Å². The Hall–Kier alpha value is -1.79. The molecule has 4 nitrogen and oxygen atoms in total. The van der Waals surface area contributed by atoms with Gasteiger partial charge in [-0.2, -0.15) is 0 Å². The molecule has 0 aliphatic rings. The summed E-state index contributed by atoms with van der Waals surface area (Å²) in [6.07, 6.45) is 0. The molecule has 0 spiro atoms. The Kier molecular flexibility index (Phi) is 5.26. The predicted molar refractivity (Wildman–Crippen MR) is 99.5 cm³/mol. The van der Waals surface area contributed by atoms with E-state index in [1.807, 2.05) is 24.3 Å². The van der Waals surface area contributed by atoms with Gasteiger partial charge in [-0.25, -0.2) is 0 Å². The van der Waals surface area contributed by atoms with Gasteiger partial charge < -0.3 is 9.15 Å². The molecule has 0 unspecified atom stereocenters. The average Bonchev–Trinajstić information content (AvgIpc) is 3.04. The summed E-state index contributed by atoms with van der Waals surface area (Å²) in [6, 6.07) is 12.1. The van der Waals surface area contributed by atoms with E-state index in [9.17, 15) is 0 Å². The monoisotopic (exact) mass is 404 g/mol. The number of aryl methyl sites for hydroxylation is 2. The van der Waals surface area contributed by atoms with Crippen molar-refractivity contribution in [2.75, 3.05) is 7.11 Å². The van der Waals surface area contributed by atoms with Crippen LogP contribution < -0.4 is 4.74 Å². The van der Waals surface area contributed by atoms with E-state index < -0.39 is 0 Å². The van der Waals surface area contributed by atoms with Crippen molar-refractivity contribution in [3.05, 3.63) is 57.6 Å². The highest BCUT2D eigenvalue weighted by Gasteiger charge is 2.12. The van der Waals surface area contributed by atoms with Crippen LogP contribution in [0.5, 0.6) is 5.75 Å². The van der Waals surface area contributed by atoms with Crippen molar-refractivity contribution in [1.29, 1.82) is 0 Å². The minimum atomic E-state index is 0.543. The lowest BCUT2D eigenvalue weighted by atomic mass is 10.1. The first-order valence-electron chi connectivity index (χ1n) is 7.43. The fourth-order valence-corrected chi connectivity index (χ4v) is 3.41. The van der Waals surface area contributed by atoms with E-state index in [0.717, 1.165) is 21.3 Å². The molecule has 124 valence electrons. The molecule has 0 amide bonds. The molecule has 0 aliphatic heterocycles. The highest BCUT2D eigenvalue weighted by Crippen LogP contribution is 2.31. The summed E-state index contributed by atoms with van der Waals surface area (Å²) in [5.74, 6) is 2.08. The standard InChI is InChI=1S/C18H17BrN2O2S/c1-11-4-5-13(8-12(11)2)17-20-21-18(23-17)24-10-14-9-15(19)6-7-16(14)22-3/h4-9H,10H2,1-3H3. The molecule has 24 heavy (non-hydrogen) atoms. The SMILES string of the molecule is COc1ccc(Br)cc1CSc1nnc(-c2ccc(C)c(C)c2)o1. The van der Waals surface area contributed by atoms with Crippen LogP contribution in [0.4, 0.5) is 0 Å². The molecule has 0 bridgehead atoms. The van der Waals surface area contributed by atoms with Gasteiger partial charge in [0.2, 0.25) is 5.89 Å². The highest BCUT2D eigenvalue weighted by atomic mass is 79.9. The second-order valence-corrected chi connectivity index (χ2v) is 7.26. The summed E-state index contributed by atoms with van der Waals surface area (Å²) in [6.45, 7) is 4.16. The molecule has 6 heteroatoms. The van der Waals surface area contributed by atoms with Crippen LogP contribution in [0.2, 0.25) is 0 Å². The largest absolute Gasteiger partial charge is 0.496 e. The van der Waals surface area contributed by atoms with Gasteiger partial charge in [0.1, 0.15) is 5.75 Å². The van der Waals surface area contributed by atoms with Gasteiger partial charge in [-0.05, 0) is 55.3 Å². The average molecular weight is 405 g/mol.